The van der Waals surface area contributed by atoms with Crippen LogP contribution >= 0.6 is 0 Å². The Balaban J connectivity index is 3.20. The van der Waals surface area contributed by atoms with Gasteiger partial charge in [-0.15, -0.1) is 0 Å². The molecule has 2 nitrogen and oxygen atoms in total. The van der Waals surface area contributed by atoms with E-state index in [-0.39, 0.29) is 6.04 Å². The fourth-order valence-corrected chi connectivity index (χ4v) is 0.872. The van der Waals surface area contributed by atoms with Crippen LogP contribution in [-0.2, 0) is 0 Å². The molecule has 0 bridgehead atoms. The lowest BCUT2D eigenvalue weighted by Crippen LogP contribution is -2.22. The van der Waals surface area contributed by atoms with Crippen LogP contribution in [0, 0.1) is 11.3 Å². The number of nitrogens with zero attached hydrogens (tertiary/aromatic N) is 1. The molecule has 0 amide bonds. The third kappa shape index (κ3) is 4.34. The van der Waals surface area contributed by atoms with Crippen molar-refractivity contribution >= 4 is 0 Å². The summed E-state index contributed by atoms with van der Waals surface area (Å²) in [5, 5.41) is 11.5. The first kappa shape index (κ1) is 9.45. The minimum atomic E-state index is 0.0616. The quantitative estimate of drug-likeness (QED) is 0.590. The summed E-state index contributed by atoms with van der Waals surface area (Å²) in [4.78, 5) is 0. The maximum absolute atomic E-state index is 8.51. The highest BCUT2D eigenvalue weighted by molar-refractivity contribution is 4.87. The fraction of sp³-hybridized carbons (Fsp3) is 0.875. The molecular formula is C8H16N2. The van der Waals surface area contributed by atoms with Crippen molar-refractivity contribution in [2.45, 2.75) is 38.6 Å². The summed E-state index contributed by atoms with van der Waals surface area (Å²) in [7, 11) is 1.83. The van der Waals surface area contributed by atoms with Gasteiger partial charge in [-0.25, -0.2) is 0 Å². The molecule has 10 heavy (non-hydrogen) atoms. The van der Waals surface area contributed by atoms with Crippen LogP contribution in [0.2, 0.25) is 0 Å². The molecule has 2 heteroatoms. The van der Waals surface area contributed by atoms with Crippen LogP contribution in [0.15, 0.2) is 0 Å². The molecule has 0 aromatic heterocycles. The molecule has 1 unspecified atom stereocenters. The van der Waals surface area contributed by atoms with Crippen molar-refractivity contribution < 1.29 is 0 Å². The van der Waals surface area contributed by atoms with Crippen LogP contribution in [0.4, 0.5) is 0 Å². The molecule has 0 rings (SSSR count). The predicted molar refractivity (Wildman–Crippen MR) is 42.6 cm³/mol. The second-order valence-corrected chi connectivity index (χ2v) is 2.47. The minimum absolute atomic E-state index is 0.0616. The Bertz CT molecular complexity index is 104. The van der Waals surface area contributed by atoms with Crippen molar-refractivity contribution in [1.29, 1.82) is 5.26 Å². The van der Waals surface area contributed by atoms with Crippen LogP contribution < -0.4 is 5.32 Å². The smallest absolute Gasteiger partial charge is 0.0950 e. The number of nitrogens with one attached hydrogen (secondary N) is 1. The molecular weight excluding hydrogens is 124 g/mol. The van der Waals surface area contributed by atoms with E-state index in [9.17, 15) is 0 Å². The molecule has 0 aliphatic heterocycles. The average molecular weight is 140 g/mol. The fourth-order valence-electron chi connectivity index (χ4n) is 0.872. The molecule has 58 valence electrons. The van der Waals surface area contributed by atoms with Gasteiger partial charge in [0.1, 0.15) is 0 Å². The third-order valence-corrected chi connectivity index (χ3v) is 1.60. The number of nitriles is 1. The van der Waals surface area contributed by atoms with Crippen molar-refractivity contribution in [2.75, 3.05) is 7.05 Å². The first-order valence-electron chi connectivity index (χ1n) is 3.92. The molecule has 1 N–H and O–H groups in total. The first-order valence-corrected chi connectivity index (χ1v) is 3.92. The van der Waals surface area contributed by atoms with E-state index in [4.69, 9.17) is 5.26 Å². The van der Waals surface area contributed by atoms with Crippen LogP contribution in [-0.4, -0.2) is 13.1 Å². The van der Waals surface area contributed by atoms with Gasteiger partial charge in [-0.2, -0.15) is 5.26 Å². The van der Waals surface area contributed by atoms with Gasteiger partial charge in [0.15, 0.2) is 0 Å². The lowest BCUT2D eigenvalue weighted by Gasteiger charge is -2.04. The molecule has 0 spiro atoms. The van der Waals surface area contributed by atoms with E-state index in [0.717, 1.165) is 12.8 Å². The summed E-state index contributed by atoms with van der Waals surface area (Å²) in [5.41, 5.74) is 0. The molecule has 0 aliphatic carbocycles. The van der Waals surface area contributed by atoms with E-state index in [0.29, 0.717) is 0 Å². The van der Waals surface area contributed by atoms with Crippen molar-refractivity contribution in [2.24, 2.45) is 0 Å². The van der Waals surface area contributed by atoms with Gasteiger partial charge in [-0.3, -0.25) is 0 Å². The highest BCUT2D eigenvalue weighted by Gasteiger charge is 2.00. The van der Waals surface area contributed by atoms with Crippen molar-refractivity contribution in [3.05, 3.63) is 0 Å². The second-order valence-electron chi connectivity index (χ2n) is 2.47. The summed E-state index contributed by atoms with van der Waals surface area (Å²) in [6.45, 7) is 2.17. The van der Waals surface area contributed by atoms with Crippen LogP contribution in [0.25, 0.3) is 0 Å². The van der Waals surface area contributed by atoms with E-state index in [2.05, 4.69) is 18.3 Å². The molecule has 0 radical (unpaired) electrons. The zero-order valence-corrected chi connectivity index (χ0v) is 6.85. The molecule has 0 saturated heterocycles. The number of rotatable bonds is 5. The maximum atomic E-state index is 8.51. The highest BCUT2D eigenvalue weighted by Crippen LogP contribution is 2.01. The van der Waals surface area contributed by atoms with Crippen LogP contribution in [0.1, 0.15) is 32.6 Å². The standard InChI is InChI=1S/C8H16N2/c1-3-4-5-6-8(7-9)10-2/h8,10H,3-6H2,1-2H3. The van der Waals surface area contributed by atoms with Gasteiger partial charge in [-0.05, 0) is 13.5 Å². The van der Waals surface area contributed by atoms with Crippen molar-refractivity contribution in [1.82, 2.24) is 5.32 Å². The maximum Gasteiger partial charge on any atom is 0.0950 e. The number of hydrogen-bond acceptors (Lipinski definition) is 2. The van der Waals surface area contributed by atoms with Gasteiger partial charge < -0.3 is 5.32 Å². The van der Waals surface area contributed by atoms with Gasteiger partial charge in [0.2, 0.25) is 0 Å². The van der Waals surface area contributed by atoms with Gasteiger partial charge in [0.05, 0.1) is 12.1 Å². The van der Waals surface area contributed by atoms with Crippen LogP contribution in [0.3, 0.4) is 0 Å². The average Bonchev–Trinajstić information content (AvgIpc) is 1.99. The summed E-state index contributed by atoms with van der Waals surface area (Å²) in [5.74, 6) is 0. The van der Waals surface area contributed by atoms with E-state index in [1.807, 2.05) is 7.05 Å². The SMILES string of the molecule is CCCCCC(C#N)NC. The lowest BCUT2D eigenvalue weighted by molar-refractivity contribution is 0.570. The zero-order chi connectivity index (χ0) is 7.82. The summed E-state index contributed by atoms with van der Waals surface area (Å²) in [6.07, 6.45) is 4.61. The normalized spacial score (nSPS) is 12.5. The molecule has 1 atom stereocenters. The summed E-state index contributed by atoms with van der Waals surface area (Å²) >= 11 is 0. The predicted octanol–water partition coefficient (Wildman–Crippen LogP) is 1.68. The van der Waals surface area contributed by atoms with E-state index in [1.165, 1.54) is 12.8 Å². The molecule has 0 aromatic rings. The van der Waals surface area contributed by atoms with E-state index >= 15 is 0 Å². The minimum Gasteiger partial charge on any atom is -0.305 e. The van der Waals surface area contributed by atoms with Gasteiger partial charge in [-0.1, -0.05) is 26.2 Å². The number of unbranched alkanes of at least 4 members (excludes halogenated alkanes) is 2. The Labute approximate surface area is 63.2 Å². The van der Waals surface area contributed by atoms with Gasteiger partial charge >= 0.3 is 0 Å². The van der Waals surface area contributed by atoms with E-state index < -0.39 is 0 Å². The Morgan fingerprint density at radius 3 is 2.60 bits per heavy atom. The Kier molecular flexibility index (Phi) is 6.21. The first-order chi connectivity index (χ1) is 4.85. The zero-order valence-electron chi connectivity index (χ0n) is 6.85. The summed E-state index contributed by atoms with van der Waals surface area (Å²) in [6, 6.07) is 2.26. The molecule has 0 saturated carbocycles. The van der Waals surface area contributed by atoms with Crippen molar-refractivity contribution in [3.8, 4) is 6.07 Å². The van der Waals surface area contributed by atoms with Gasteiger partial charge in [0.25, 0.3) is 0 Å². The highest BCUT2D eigenvalue weighted by atomic mass is 14.9. The number of hydrogen-bond donors (Lipinski definition) is 1. The largest absolute Gasteiger partial charge is 0.305 e. The molecule has 0 aromatic carbocycles. The molecule has 0 fully saturated rings. The summed E-state index contributed by atoms with van der Waals surface area (Å²) < 4.78 is 0. The van der Waals surface area contributed by atoms with Crippen LogP contribution in [0.5, 0.6) is 0 Å². The van der Waals surface area contributed by atoms with Gasteiger partial charge in [0, 0.05) is 0 Å². The topological polar surface area (TPSA) is 35.8 Å². The molecule has 0 heterocycles. The Morgan fingerprint density at radius 2 is 2.20 bits per heavy atom. The lowest BCUT2D eigenvalue weighted by atomic mass is 10.1. The monoisotopic (exact) mass is 140 g/mol. The second kappa shape index (κ2) is 6.57. The Morgan fingerprint density at radius 1 is 1.50 bits per heavy atom. The van der Waals surface area contributed by atoms with Crippen molar-refractivity contribution in [3.63, 3.8) is 0 Å². The third-order valence-electron chi connectivity index (χ3n) is 1.60. The molecule has 0 aliphatic rings. The van der Waals surface area contributed by atoms with E-state index in [1.54, 1.807) is 0 Å². The Hall–Kier alpha value is -0.550.